The fourth-order valence-corrected chi connectivity index (χ4v) is 2.29. The van der Waals surface area contributed by atoms with Crippen LogP contribution >= 0.6 is 0 Å². The minimum absolute atomic E-state index is 0.212. The van der Waals surface area contributed by atoms with E-state index in [0.717, 1.165) is 31.5 Å². The van der Waals surface area contributed by atoms with E-state index in [9.17, 15) is 0 Å². The van der Waals surface area contributed by atoms with E-state index in [1.807, 2.05) is 24.4 Å². The molecule has 1 aromatic rings. The largest absolute Gasteiger partial charge is 0.312 e. The molecule has 0 amide bonds. The third kappa shape index (κ3) is 2.80. The number of pyridine rings is 1. The van der Waals surface area contributed by atoms with E-state index in [2.05, 4.69) is 16.4 Å². The molecular weight excluding hydrogens is 198 g/mol. The summed E-state index contributed by atoms with van der Waals surface area (Å²) in [5.41, 5.74) is 1.11. The van der Waals surface area contributed by atoms with Gasteiger partial charge in [-0.15, -0.1) is 0 Å². The van der Waals surface area contributed by atoms with E-state index in [1.54, 1.807) is 0 Å². The van der Waals surface area contributed by atoms with Crippen molar-refractivity contribution in [2.24, 2.45) is 5.92 Å². The van der Waals surface area contributed by atoms with Gasteiger partial charge in [-0.05, 0) is 25.0 Å². The number of nitrogens with zero attached hydrogens (tertiary/aromatic N) is 2. The standard InChI is InChI=1S/C13H17N3/c14-10-11-4-3-6-13(11)16-9-7-12-5-1-2-8-15-12/h1-2,5,8,11,13,16H,3-4,6-7,9H2. The highest BCUT2D eigenvalue weighted by atomic mass is 14.9. The van der Waals surface area contributed by atoms with Crippen LogP contribution < -0.4 is 5.32 Å². The molecule has 1 saturated carbocycles. The molecule has 0 spiro atoms. The highest BCUT2D eigenvalue weighted by Gasteiger charge is 2.26. The zero-order chi connectivity index (χ0) is 11.2. The fourth-order valence-electron chi connectivity index (χ4n) is 2.29. The first-order valence-corrected chi connectivity index (χ1v) is 5.93. The van der Waals surface area contributed by atoms with Crippen LogP contribution in [0.4, 0.5) is 0 Å². The van der Waals surface area contributed by atoms with Gasteiger partial charge in [-0.25, -0.2) is 0 Å². The van der Waals surface area contributed by atoms with Crippen LogP contribution in [0.1, 0.15) is 25.0 Å². The summed E-state index contributed by atoms with van der Waals surface area (Å²) in [7, 11) is 0. The summed E-state index contributed by atoms with van der Waals surface area (Å²) in [6.07, 6.45) is 6.14. The zero-order valence-electron chi connectivity index (χ0n) is 9.39. The normalized spacial score (nSPS) is 24.2. The third-order valence-electron chi connectivity index (χ3n) is 3.20. The molecule has 3 heteroatoms. The number of nitrogens with one attached hydrogen (secondary N) is 1. The monoisotopic (exact) mass is 215 g/mol. The van der Waals surface area contributed by atoms with Crippen LogP contribution in [0.2, 0.25) is 0 Å². The number of nitriles is 1. The Bertz CT molecular complexity index is 355. The van der Waals surface area contributed by atoms with Crippen molar-refractivity contribution in [3.05, 3.63) is 30.1 Å². The molecule has 1 fully saturated rings. The Morgan fingerprint density at radius 1 is 1.44 bits per heavy atom. The molecule has 16 heavy (non-hydrogen) atoms. The smallest absolute Gasteiger partial charge is 0.0672 e. The molecule has 0 radical (unpaired) electrons. The Morgan fingerprint density at radius 2 is 2.38 bits per heavy atom. The Labute approximate surface area is 96.5 Å². The molecule has 2 rings (SSSR count). The maximum absolute atomic E-state index is 8.95. The van der Waals surface area contributed by atoms with Crippen molar-refractivity contribution in [2.75, 3.05) is 6.54 Å². The van der Waals surface area contributed by atoms with Crippen molar-refractivity contribution in [2.45, 2.75) is 31.7 Å². The summed E-state index contributed by atoms with van der Waals surface area (Å²) in [5, 5.41) is 12.4. The topological polar surface area (TPSA) is 48.7 Å². The number of aromatic nitrogens is 1. The van der Waals surface area contributed by atoms with Gasteiger partial charge in [-0.2, -0.15) is 5.26 Å². The van der Waals surface area contributed by atoms with Crippen molar-refractivity contribution in [3.8, 4) is 6.07 Å². The van der Waals surface area contributed by atoms with Crippen LogP contribution in [0, 0.1) is 17.2 Å². The molecule has 1 aromatic heterocycles. The summed E-state index contributed by atoms with van der Waals surface area (Å²) in [5.74, 6) is 0.212. The first-order valence-electron chi connectivity index (χ1n) is 5.93. The minimum Gasteiger partial charge on any atom is -0.312 e. The Morgan fingerprint density at radius 3 is 3.12 bits per heavy atom. The van der Waals surface area contributed by atoms with E-state index in [-0.39, 0.29) is 5.92 Å². The molecule has 0 bridgehead atoms. The molecule has 1 heterocycles. The van der Waals surface area contributed by atoms with E-state index in [4.69, 9.17) is 5.26 Å². The summed E-state index contributed by atoms with van der Waals surface area (Å²) in [4.78, 5) is 4.28. The summed E-state index contributed by atoms with van der Waals surface area (Å²) in [6, 6.07) is 8.76. The van der Waals surface area contributed by atoms with E-state index >= 15 is 0 Å². The van der Waals surface area contributed by atoms with Crippen LogP contribution in [0.5, 0.6) is 0 Å². The summed E-state index contributed by atoms with van der Waals surface area (Å²) in [6.45, 7) is 0.917. The van der Waals surface area contributed by atoms with Crippen LogP contribution in [0.25, 0.3) is 0 Å². The zero-order valence-corrected chi connectivity index (χ0v) is 9.39. The molecule has 0 saturated heterocycles. The second-order valence-corrected chi connectivity index (χ2v) is 4.30. The van der Waals surface area contributed by atoms with Gasteiger partial charge in [-0.1, -0.05) is 12.5 Å². The van der Waals surface area contributed by atoms with E-state index in [0.29, 0.717) is 6.04 Å². The molecule has 84 valence electrons. The van der Waals surface area contributed by atoms with Crippen molar-refractivity contribution in [3.63, 3.8) is 0 Å². The maximum atomic E-state index is 8.95. The number of hydrogen-bond donors (Lipinski definition) is 1. The second-order valence-electron chi connectivity index (χ2n) is 4.30. The van der Waals surface area contributed by atoms with Crippen molar-refractivity contribution in [1.29, 1.82) is 5.26 Å². The lowest BCUT2D eigenvalue weighted by Gasteiger charge is -2.14. The van der Waals surface area contributed by atoms with Crippen molar-refractivity contribution in [1.82, 2.24) is 10.3 Å². The molecule has 0 aliphatic heterocycles. The fraction of sp³-hybridized carbons (Fsp3) is 0.538. The molecular formula is C13H17N3. The van der Waals surface area contributed by atoms with Gasteiger partial charge in [0.2, 0.25) is 0 Å². The maximum Gasteiger partial charge on any atom is 0.0672 e. The Kier molecular flexibility index (Phi) is 3.90. The molecule has 1 aliphatic rings. The predicted molar refractivity (Wildman–Crippen MR) is 62.7 cm³/mol. The van der Waals surface area contributed by atoms with Crippen molar-refractivity contribution >= 4 is 0 Å². The quantitative estimate of drug-likeness (QED) is 0.834. The number of rotatable bonds is 4. The van der Waals surface area contributed by atoms with Gasteiger partial charge >= 0.3 is 0 Å². The molecule has 2 atom stereocenters. The lowest BCUT2D eigenvalue weighted by Crippen LogP contribution is -2.33. The predicted octanol–water partition coefficient (Wildman–Crippen LogP) is 1.91. The van der Waals surface area contributed by atoms with Crippen LogP contribution in [-0.4, -0.2) is 17.6 Å². The van der Waals surface area contributed by atoms with Gasteiger partial charge in [-0.3, -0.25) is 4.98 Å². The van der Waals surface area contributed by atoms with Gasteiger partial charge in [0.25, 0.3) is 0 Å². The lowest BCUT2D eigenvalue weighted by molar-refractivity contribution is 0.467. The Balaban J connectivity index is 1.74. The third-order valence-corrected chi connectivity index (χ3v) is 3.20. The average Bonchev–Trinajstić information content (AvgIpc) is 2.78. The molecule has 2 unspecified atom stereocenters. The minimum atomic E-state index is 0.212. The second kappa shape index (κ2) is 5.62. The molecule has 1 aliphatic carbocycles. The first kappa shape index (κ1) is 11.1. The first-order chi connectivity index (χ1) is 7.90. The molecule has 3 nitrogen and oxygen atoms in total. The summed E-state index contributed by atoms with van der Waals surface area (Å²) < 4.78 is 0. The Hall–Kier alpha value is -1.40. The van der Waals surface area contributed by atoms with E-state index in [1.165, 1.54) is 6.42 Å². The molecule has 1 N–H and O–H groups in total. The van der Waals surface area contributed by atoms with Crippen LogP contribution in [0.15, 0.2) is 24.4 Å². The average molecular weight is 215 g/mol. The van der Waals surface area contributed by atoms with Gasteiger partial charge in [0, 0.05) is 30.9 Å². The summed E-state index contributed by atoms with van der Waals surface area (Å²) >= 11 is 0. The van der Waals surface area contributed by atoms with Gasteiger partial charge in [0.1, 0.15) is 0 Å². The SMILES string of the molecule is N#CC1CCCC1NCCc1ccccn1. The van der Waals surface area contributed by atoms with Gasteiger partial charge < -0.3 is 5.32 Å². The van der Waals surface area contributed by atoms with Gasteiger partial charge in [0.05, 0.1) is 12.0 Å². The lowest BCUT2D eigenvalue weighted by atomic mass is 10.1. The number of hydrogen-bond acceptors (Lipinski definition) is 3. The highest BCUT2D eigenvalue weighted by molar-refractivity contribution is 5.04. The van der Waals surface area contributed by atoms with Crippen molar-refractivity contribution < 1.29 is 0 Å². The van der Waals surface area contributed by atoms with Crippen LogP contribution in [0.3, 0.4) is 0 Å². The van der Waals surface area contributed by atoms with E-state index < -0.39 is 0 Å². The van der Waals surface area contributed by atoms with Gasteiger partial charge in [0.15, 0.2) is 0 Å². The van der Waals surface area contributed by atoms with Crippen LogP contribution in [-0.2, 0) is 6.42 Å². The molecule has 0 aromatic carbocycles. The highest BCUT2D eigenvalue weighted by Crippen LogP contribution is 2.24.